The molecule has 0 unspecified atom stereocenters. The Hall–Kier alpha value is -1.86. The summed E-state index contributed by atoms with van der Waals surface area (Å²) >= 11 is 0. The first-order chi connectivity index (χ1) is 10.0. The van der Waals surface area contributed by atoms with Crippen molar-refractivity contribution < 1.29 is 8.42 Å². The number of sulfonamides is 1. The lowest BCUT2D eigenvalue weighted by atomic mass is 10.2. The summed E-state index contributed by atoms with van der Waals surface area (Å²) in [7, 11) is -1.89. The lowest BCUT2D eigenvalue weighted by Crippen LogP contribution is -2.32. The Labute approximate surface area is 125 Å². The average molecular weight is 308 g/mol. The Morgan fingerprint density at radius 3 is 2.67 bits per heavy atom. The van der Waals surface area contributed by atoms with Crippen LogP contribution >= 0.6 is 0 Å². The minimum atomic E-state index is -3.66. The summed E-state index contributed by atoms with van der Waals surface area (Å²) in [5.74, 6) is 0. The summed E-state index contributed by atoms with van der Waals surface area (Å²) in [5, 5.41) is 9.57. The Morgan fingerprint density at radius 1 is 1.33 bits per heavy atom. The summed E-state index contributed by atoms with van der Waals surface area (Å²) in [6.07, 6.45) is 1.54. The fraction of sp³-hybridized carbons (Fsp3) is 0.357. The quantitative estimate of drug-likeness (QED) is 0.850. The number of hydrogen-bond donors (Lipinski definition) is 2. The highest BCUT2D eigenvalue weighted by Crippen LogP contribution is 2.26. The number of aromatic amines is 1. The molecule has 2 aromatic rings. The maximum absolute atomic E-state index is 12.9. The van der Waals surface area contributed by atoms with Crippen molar-refractivity contribution in [2.45, 2.75) is 25.4 Å². The number of benzene rings is 1. The van der Waals surface area contributed by atoms with Gasteiger partial charge in [-0.05, 0) is 32.5 Å². The lowest BCUT2D eigenvalue weighted by molar-refractivity contribution is 0.585. The van der Waals surface area contributed by atoms with Gasteiger partial charge in [0, 0.05) is 18.7 Å². The van der Waals surface area contributed by atoms with Gasteiger partial charge in [0.25, 0.3) is 10.0 Å². The van der Waals surface area contributed by atoms with E-state index in [-0.39, 0.29) is 5.03 Å². The normalized spacial score (nSPS) is 11.6. The number of nitrogens with one attached hydrogen (secondary N) is 2. The number of anilines is 1. The second kappa shape index (κ2) is 6.28. The molecule has 0 aliphatic carbocycles. The second-order valence-corrected chi connectivity index (χ2v) is 6.51. The van der Waals surface area contributed by atoms with Gasteiger partial charge in [0.1, 0.15) is 0 Å². The Balaban J connectivity index is 2.50. The molecule has 0 bridgehead atoms. The van der Waals surface area contributed by atoms with Crippen molar-refractivity contribution in [1.82, 2.24) is 15.5 Å². The molecule has 21 heavy (non-hydrogen) atoms. The van der Waals surface area contributed by atoms with Crippen LogP contribution in [0.25, 0.3) is 0 Å². The van der Waals surface area contributed by atoms with Gasteiger partial charge in [0.05, 0.1) is 11.9 Å². The molecule has 0 saturated carbocycles. The predicted molar refractivity (Wildman–Crippen MR) is 82.7 cm³/mol. The van der Waals surface area contributed by atoms with E-state index >= 15 is 0 Å². The zero-order valence-corrected chi connectivity index (χ0v) is 13.2. The van der Waals surface area contributed by atoms with Gasteiger partial charge < -0.3 is 5.32 Å². The summed E-state index contributed by atoms with van der Waals surface area (Å²) in [6, 6.07) is 7.43. The van der Waals surface area contributed by atoms with Crippen LogP contribution in [0.1, 0.15) is 18.1 Å². The Bertz CT molecular complexity index is 709. The molecule has 0 radical (unpaired) electrons. The first-order valence-electron chi connectivity index (χ1n) is 6.77. The molecule has 0 atom stereocenters. The molecule has 0 spiro atoms. The van der Waals surface area contributed by atoms with Crippen molar-refractivity contribution in [3.63, 3.8) is 0 Å². The van der Waals surface area contributed by atoms with Gasteiger partial charge in [-0.3, -0.25) is 9.40 Å². The molecule has 0 amide bonds. The van der Waals surface area contributed by atoms with Crippen LogP contribution in [0, 0.1) is 6.92 Å². The van der Waals surface area contributed by atoms with Gasteiger partial charge in [0.2, 0.25) is 0 Å². The van der Waals surface area contributed by atoms with Crippen molar-refractivity contribution in [3.05, 3.63) is 41.6 Å². The number of para-hydroxylation sites is 1. The topological polar surface area (TPSA) is 78.1 Å². The molecule has 7 heteroatoms. The Kier molecular flexibility index (Phi) is 4.64. The number of hydrogen-bond acceptors (Lipinski definition) is 4. The molecule has 1 heterocycles. The molecule has 6 nitrogen and oxygen atoms in total. The largest absolute Gasteiger partial charge is 0.316 e. The minimum absolute atomic E-state index is 0.141. The summed E-state index contributed by atoms with van der Waals surface area (Å²) in [4.78, 5) is 0. The van der Waals surface area contributed by atoms with Gasteiger partial charge >= 0.3 is 0 Å². The summed E-state index contributed by atoms with van der Waals surface area (Å²) in [6.45, 7) is 4.51. The second-order valence-electron chi connectivity index (χ2n) is 4.71. The van der Waals surface area contributed by atoms with Crippen LogP contribution in [-0.2, 0) is 16.6 Å². The molecule has 0 aliphatic heterocycles. The van der Waals surface area contributed by atoms with E-state index in [2.05, 4.69) is 15.5 Å². The van der Waals surface area contributed by atoms with Gasteiger partial charge in [0.15, 0.2) is 5.03 Å². The molecule has 0 aliphatic rings. The number of H-pyrrole nitrogens is 1. The molecule has 0 fully saturated rings. The first-order valence-corrected chi connectivity index (χ1v) is 8.21. The van der Waals surface area contributed by atoms with Crippen molar-refractivity contribution in [3.8, 4) is 0 Å². The third-order valence-corrected chi connectivity index (χ3v) is 5.17. The summed E-state index contributed by atoms with van der Waals surface area (Å²) in [5.41, 5.74) is 2.23. The molecule has 2 rings (SSSR count). The maximum Gasteiger partial charge on any atom is 0.281 e. The zero-order chi connectivity index (χ0) is 15.5. The van der Waals surface area contributed by atoms with Gasteiger partial charge in [-0.1, -0.05) is 18.2 Å². The van der Waals surface area contributed by atoms with E-state index in [4.69, 9.17) is 0 Å². The molecule has 2 N–H and O–H groups in total. The van der Waals surface area contributed by atoms with E-state index in [0.717, 1.165) is 5.56 Å². The van der Waals surface area contributed by atoms with Crippen LogP contribution in [0.15, 0.2) is 35.5 Å². The SMILES string of the molecule is CCN(c1ccccc1C)S(=O)(=O)c1[nH]ncc1CNC. The molecule has 1 aromatic heterocycles. The van der Waals surface area contributed by atoms with Crippen LogP contribution in [0.2, 0.25) is 0 Å². The number of rotatable bonds is 6. The molecular formula is C14H20N4O2S. The smallest absolute Gasteiger partial charge is 0.281 e. The van der Waals surface area contributed by atoms with Crippen LogP contribution in [0.4, 0.5) is 5.69 Å². The van der Waals surface area contributed by atoms with E-state index in [0.29, 0.717) is 24.3 Å². The maximum atomic E-state index is 12.9. The van der Waals surface area contributed by atoms with Crippen molar-refractivity contribution in [2.24, 2.45) is 0 Å². The average Bonchev–Trinajstić information content (AvgIpc) is 2.91. The number of nitrogens with zero attached hydrogens (tertiary/aromatic N) is 2. The number of aryl methyl sites for hydroxylation is 1. The fourth-order valence-corrected chi connectivity index (χ4v) is 3.91. The van der Waals surface area contributed by atoms with Crippen LogP contribution in [0.3, 0.4) is 0 Å². The van der Waals surface area contributed by atoms with Gasteiger partial charge in [-0.2, -0.15) is 13.5 Å². The van der Waals surface area contributed by atoms with Crippen LogP contribution in [-0.4, -0.2) is 32.2 Å². The van der Waals surface area contributed by atoms with Crippen LogP contribution in [0.5, 0.6) is 0 Å². The van der Waals surface area contributed by atoms with E-state index in [1.807, 2.05) is 38.1 Å². The Morgan fingerprint density at radius 2 is 2.05 bits per heavy atom. The fourth-order valence-electron chi connectivity index (χ4n) is 2.26. The van der Waals surface area contributed by atoms with E-state index in [9.17, 15) is 8.42 Å². The van der Waals surface area contributed by atoms with E-state index < -0.39 is 10.0 Å². The molecule has 1 aromatic carbocycles. The highest BCUT2D eigenvalue weighted by molar-refractivity contribution is 7.92. The van der Waals surface area contributed by atoms with Crippen molar-refractivity contribution in [1.29, 1.82) is 0 Å². The molecule has 0 saturated heterocycles. The highest BCUT2D eigenvalue weighted by Gasteiger charge is 2.28. The van der Waals surface area contributed by atoms with E-state index in [1.165, 1.54) is 10.5 Å². The zero-order valence-electron chi connectivity index (χ0n) is 12.4. The minimum Gasteiger partial charge on any atom is -0.316 e. The van der Waals surface area contributed by atoms with E-state index in [1.54, 1.807) is 7.05 Å². The van der Waals surface area contributed by atoms with Gasteiger partial charge in [-0.15, -0.1) is 0 Å². The van der Waals surface area contributed by atoms with Crippen molar-refractivity contribution in [2.75, 3.05) is 17.9 Å². The monoisotopic (exact) mass is 308 g/mol. The molecular weight excluding hydrogens is 288 g/mol. The molecule has 114 valence electrons. The van der Waals surface area contributed by atoms with Crippen molar-refractivity contribution >= 4 is 15.7 Å². The van der Waals surface area contributed by atoms with Gasteiger partial charge in [-0.25, -0.2) is 0 Å². The summed E-state index contributed by atoms with van der Waals surface area (Å²) < 4.78 is 27.2. The highest BCUT2D eigenvalue weighted by atomic mass is 32.2. The standard InChI is InChI=1S/C14H20N4O2S/c1-4-18(13-8-6-5-7-11(13)2)21(19,20)14-12(9-15-3)10-16-17-14/h5-8,10,15H,4,9H2,1-3H3,(H,16,17). The van der Waals surface area contributed by atoms with Crippen LogP contribution < -0.4 is 9.62 Å². The number of aromatic nitrogens is 2. The predicted octanol–water partition coefficient (Wildman–Crippen LogP) is 1.65. The lowest BCUT2D eigenvalue weighted by Gasteiger charge is -2.24. The third kappa shape index (κ3) is 2.93. The third-order valence-electron chi connectivity index (χ3n) is 3.26. The first kappa shape index (κ1) is 15.5.